The molecule has 0 aromatic heterocycles. The molecule has 4 heteroatoms. The monoisotopic (exact) mass is 269 g/mol. The van der Waals surface area contributed by atoms with E-state index in [1.807, 2.05) is 30.0 Å². The van der Waals surface area contributed by atoms with Crippen molar-refractivity contribution >= 4 is 23.3 Å². The SMILES string of the molecule is Cc1ccc(N(CCC(C)C)CC(=O)O)cc1Cl. The summed E-state index contributed by atoms with van der Waals surface area (Å²) in [6.45, 7) is 6.92. The van der Waals surface area contributed by atoms with Gasteiger partial charge in [0.1, 0.15) is 6.54 Å². The summed E-state index contributed by atoms with van der Waals surface area (Å²) >= 11 is 6.08. The van der Waals surface area contributed by atoms with Crippen molar-refractivity contribution in [1.29, 1.82) is 0 Å². The molecular weight excluding hydrogens is 250 g/mol. The van der Waals surface area contributed by atoms with Gasteiger partial charge < -0.3 is 10.0 Å². The highest BCUT2D eigenvalue weighted by atomic mass is 35.5. The Labute approximate surface area is 113 Å². The van der Waals surface area contributed by atoms with Crippen LogP contribution in [0, 0.1) is 12.8 Å². The van der Waals surface area contributed by atoms with Gasteiger partial charge in [-0.2, -0.15) is 0 Å². The second kappa shape index (κ2) is 6.64. The Hall–Kier alpha value is -1.22. The van der Waals surface area contributed by atoms with Crippen LogP contribution in [0.15, 0.2) is 18.2 Å². The van der Waals surface area contributed by atoms with Crippen molar-refractivity contribution in [3.63, 3.8) is 0 Å². The molecule has 1 N–H and O–H groups in total. The van der Waals surface area contributed by atoms with Gasteiger partial charge in [-0.3, -0.25) is 4.79 Å². The summed E-state index contributed by atoms with van der Waals surface area (Å²) in [5.41, 5.74) is 1.87. The van der Waals surface area contributed by atoms with E-state index in [1.165, 1.54) is 0 Å². The average molecular weight is 270 g/mol. The number of hydrogen-bond donors (Lipinski definition) is 1. The van der Waals surface area contributed by atoms with Gasteiger partial charge in [0.05, 0.1) is 0 Å². The number of aryl methyl sites for hydroxylation is 1. The molecule has 1 aromatic rings. The van der Waals surface area contributed by atoms with Crippen molar-refractivity contribution in [2.24, 2.45) is 5.92 Å². The molecule has 0 heterocycles. The van der Waals surface area contributed by atoms with Gasteiger partial charge in [0.15, 0.2) is 0 Å². The topological polar surface area (TPSA) is 40.5 Å². The molecule has 0 spiro atoms. The van der Waals surface area contributed by atoms with E-state index in [-0.39, 0.29) is 6.54 Å². The molecule has 0 aliphatic heterocycles. The molecular formula is C14H20ClNO2. The van der Waals surface area contributed by atoms with Crippen LogP contribution in [0.5, 0.6) is 0 Å². The molecule has 0 saturated carbocycles. The van der Waals surface area contributed by atoms with Crippen LogP contribution in [0.3, 0.4) is 0 Å². The van der Waals surface area contributed by atoms with Crippen LogP contribution in [0.1, 0.15) is 25.8 Å². The second-order valence-electron chi connectivity index (χ2n) is 4.93. The summed E-state index contributed by atoms with van der Waals surface area (Å²) < 4.78 is 0. The lowest BCUT2D eigenvalue weighted by atomic mass is 10.1. The van der Waals surface area contributed by atoms with Crippen LogP contribution in [0.25, 0.3) is 0 Å². The van der Waals surface area contributed by atoms with Crippen molar-refractivity contribution < 1.29 is 9.90 Å². The largest absolute Gasteiger partial charge is 0.480 e. The number of aliphatic carboxylic acids is 1. The zero-order valence-electron chi connectivity index (χ0n) is 11.1. The molecule has 100 valence electrons. The Bertz CT molecular complexity index is 418. The number of nitrogens with zero attached hydrogens (tertiary/aromatic N) is 1. The number of anilines is 1. The van der Waals surface area contributed by atoms with E-state index in [1.54, 1.807) is 0 Å². The Morgan fingerprint density at radius 2 is 2.11 bits per heavy atom. The highest BCUT2D eigenvalue weighted by molar-refractivity contribution is 6.31. The summed E-state index contributed by atoms with van der Waals surface area (Å²) in [5.74, 6) is -0.280. The van der Waals surface area contributed by atoms with E-state index < -0.39 is 5.97 Å². The van der Waals surface area contributed by atoms with Crippen molar-refractivity contribution in [2.75, 3.05) is 18.0 Å². The minimum atomic E-state index is -0.824. The fraction of sp³-hybridized carbons (Fsp3) is 0.500. The molecule has 0 unspecified atom stereocenters. The van der Waals surface area contributed by atoms with Gasteiger partial charge in [0.2, 0.25) is 0 Å². The van der Waals surface area contributed by atoms with Crippen molar-refractivity contribution in [3.8, 4) is 0 Å². The first-order chi connectivity index (χ1) is 8.40. The third-order valence-electron chi connectivity index (χ3n) is 2.82. The molecule has 0 atom stereocenters. The maximum Gasteiger partial charge on any atom is 0.323 e. The minimum absolute atomic E-state index is 0.00606. The highest BCUT2D eigenvalue weighted by Gasteiger charge is 2.12. The Balaban J connectivity index is 2.86. The molecule has 0 amide bonds. The molecule has 0 aliphatic rings. The summed E-state index contributed by atoms with van der Waals surface area (Å²) in [4.78, 5) is 12.8. The molecule has 0 bridgehead atoms. The Morgan fingerprint density at radius 1 is 1.44 bits per heavy atom. The van der Waals surface area contributed by atoms with Gasteiger partial charge in [-0.1, -0.05) is 31.5 Å². The predicted octanol–water partition coefficient (Wildman–Crippen LogP) is 3.59. The number of carboxylic acids is 1. The van der Waals surface area contributed by atoms with Crippen molar-refractivity contribution in [2.45, 2.75) is 27.2 Å². The molecule has 0 radical (unpaired) electrons. The average Bonchev–Trinajstić information content (AvgIpc) is 2.27. The number of halogens is 1. The van der Waals surface area contributed by atoms with E-state index in [2.05, 4.69) is 13.8 Å². The zero-order valence-corrected chi connectivity index (χ0v) is 11.9. The van der Waals surface area contributed by atoms with Gasteiger partial charge in [-0.05, 0) is 37.0 Å². The summed E-state index contributed by atoms with van der Waals surface area (Å²) in [6.07, 6.45) is 0.957. The fourth-order valence-corrected chi connectivity index (χ4v) is 1.83. The summed E-state index contributed by atoms with van der Waals surface area (Å²) in [6, 6.07) is 5.67. The first kappa shape index (κ1) is 14.8. The van der Waals surface area contributed by atoms with E-state index in [0.717, 1.165) is 24.2 Å². The molecule has 1 rings (SSSR count). The van der Waals surface area contributed by atoms with Crippen LogP contribution in [0.4, 0.5) is 5.69 Å². The molecule has 0 saturated heterocycles. The second-order valence-corrected chi connectivity index (χ2v) is 5.34. The van der Waals surface area contributed by atoms with Crippen LogP contribution in [-0.4, -0.2) is 24.2 Å². The van der Waals surface area contributed by atoms with Crippen LogP contribution >= 0.6 is 11.6 Å². The Morgan fingerprint density at radius 3 is 2.61 bits per heavy atom. The van der Waals surface area contributed by atoms with E-state index >= 15 is 0 Å². The molecule has 0 aliphatic carbocycles. The highest BCUT2D eigenvalue weighted by Crippen LogP contribution is 2.23. The van der Waals surface area contributed by atoms with Crippen molar-refractivity contribution in [3.05, 3.63) is 28.8 Å². The lowest BCUT2D eigenvalue weighted by molar-refractivity contribution is -0.135. The molecule has 18 heavy (non-hydrogen) atoms. The van der Waals surface area contributed by atoms with E-state index in [0.29, 0.717) is 10.9 Å². The lowest BCUT2D eigenvalue weighted by Gasteiger charge is -2.24. The van der Waals surface area contributed by atoms with Gasteiger partial charge in [-0.25, -0.2) is 0 Å². The quantitative estimate of drug-likeness (QED) is 0.858. The first-order valence-corrected chi connectivity index (χ1v) is 6.51. The normalized spacial score (nSPS) is 10.7. The van der Waals surface area contributed by atoms with Crippen LogP contribution < -0.4 is 4.90 Å². The van der Waals surface area contributed by atoms with Gasteiger partial charge in [0, 0.05) is 17.3 Å². The number of benzene rings is 1. The molecule has 1 aromatic carbocycles. The molecule has 0 fully saturated rings. The van der Waals surface area contributed by atoms with Gasteiger partial charge in [-0.15, -0.1) is 0 Å². The van der Waals surface area contributed by atoms with E-state index in [9.17, 15) is 4.79 Å². The zero-order chi connectivity index (χ0) is 13.7. The number of hydrogen-bond acceptors (Lipinski definition) is 2. The third-order valence-corrected chi connectivity index (χ3v) is 3.23. The fourth-order valence-electron chi connectivity index (χ4n) is 1.66. The maximum absolute atomic E-state index is 10.9. The minimum Gasteiger partial charge on any atom is -0.480 e. The van der Waals surface area contributed by atoms with Crippen LogP contribution in [-0.2, 0) is 4.79 Å². The number of carbonyl (C=O) groups is 1. The predicted molar refractivity (Wildman–Crippen MR) is 75.5 cm³/mol. The standard InChI is InChI=1S/C14H20ClNO2/c1-10(2)6-7-16(9-14(17)18)12-5-4-11(3)13(15)8-12/h4-5,8,10H,6-7,9H2,1-3H3,(H,17,18). The number of rotatable bonds is 6. The van der Waals surface area contributed by atoms with Gasteiger partial charge >= 0.3 is 5.97 Å². The van der Waals surface area contributed by atoms with Crippen molar-refractivity contribution in [1.82, 2.24) is 0 Å². The summed E-state index contributed by atoms with van der Waals surface area (Å²) in [5, 5.41) is 9.63. The summed E-state index contributed by atoms with van der Waals surface area (Å²) in [7, 11) is 0. The maximum atomic E-state index is 10.9. The van der Waals surface area contributed by atoms with Crippen LogP contribution in [0.2, 0.25) is 5.02 Å². The molecule has 3 nitrogen and oxygen atoms in total. The lowest BCUT2D eigenvalue weighted by Crippen LogP contribution is -2.31. The van der Waals surface area contributed by atoms with E-state index in [4.69, 9.17) is 16.7 Å². The third kappa shape index (κ3) is 4.57. The number of carboxylic acid groups (broad SMARTS) is 1. The Kier molecular flexibility index (Phi) is 5.48. The first-order valence-electron chi connectivity index (χ1n) is 6.13. The van der Waals surface area contributed by atoms with Gasteiger partial charge in [0.25, 0.3) is 0 Å². The smallest absolute Gasteiger partial charge is 0.323 e.